The number of thiophene rings is 1. The molecule has 4 heterocycles. The Balaban J connectivity index is 1.30. The molecule has 2 N–H and O–H groups in total. The highest BCUT2D eigenvalue weighted by atomic mass is 32.1. The van der Waals surface area contributed by atoms with Gasteiger partial charge in [-0.15, -0.1) is 11.3 Å². The molecule has 1 aliphatic heterocycles. The highest BCUT2D eigenvalue weighted by Gasteiger charge is 2.49. The van der Waals surface area contributed by atoms with Gasteiger partial charge in [-0.05, 0) is 30.7 Å². The molecule has 10 heteroatoms. The minimum Gasteiger partial charge on any atom is -0.380 e. The van der Waals surface area contributed by atoms with E-state index in [1.54, 1.807) is 12.3 Å². The van der Waals surface area contributed by atoms with Crippen LogP contribution >= 0.6 is 11.3 Å². The molecular weight excluding hydrogens is 389 g/mol. The van der Waals surface area contributed by atoms with Crippen LogP contribution in [-0.2, 0) is 6.42 Å². The predicted molar refractivity (Wildman–Crippen MR) is 102 cm³/mol. The first-order chi connectivity index (χ1) is 13.4. The van der Waals surface area contributed by atoms with Crippen molar-refractivity contribution in [3.05, 3.63) is 29.7 Å². The zero-order chi connectivity index (χ0) is 19.4. The molecule has 148 valence electrons. The molecule has 1 saturated heterocycles. The second kappa shape index (κ2) is 6.33. The minimum atomic E-state index is -4.21. The highest BCUT2D eigenvalue weighted by Crippen LogP contribution is 2.50. The summed E-state index contributed by atoms with van der Waals surface area (Å²) in [6.07, 6.45) is 3.17. The first kappa shape index (κ1) is 17.7. The fourth-order valence-electron chi connectivity index (χ4n) is 4.53. The van der Waals surface area contributed by atoms with E-state index in [0.717, 1.165) is 60.6 Å². The maximum atomic E-state index is 12.7. The first-order valence-corrected chi connectivity index (χ1v) is 10.0. The molecule has 0 amide bonds. The quantitative estimate of drug-likeness (QED) is 0.683. The van der Waals surface area contributed by atoms with E-state index < -0.39 is 12.6 Å². The third-order valence-electron chi connectivity index (χ3n) is 5.70. The maximum absolute atomic E-state index is 12.7. The van der Waals surface area contributed by atoms with Crippen molar-refractivity contribution in [1.82, 2.24) is 20.2 Å². The van der Waals surface area contributed by atoms with Gasteiger partial charge in [0.1, 0.15) is 17.0 Å². The zero-order valence-electron chi connectivity index (χ0n) is 15.0. The lowest BCUT2D eigenvalue weighted by molar-refractivity contribution is -0.126. The monoisotopic (exact) mass is 408 g/mol. The van der Waals surface area contributed by atoms with Gasteiger partial charge in [0.25, 0.3) is 0 Å². The number of rotatable bonds is 4. The van der Waals surface area contributed by atoms with Crippen molar-refractivity contribution in [3.8, 4) is 0 Å². The lowest BCUT2D eigenvalue weighted by Crippen LogP contribution is -2.46. The van der Waals surface area contributed by atoms with E-state index in [4.69, 9.17) is 0 Å². The van der Waals surface area contributed by atoms with E-state index in [0.29, 0.717) is 10.9 Å². The van der Waals surface area contributed by atoms with Gasteiger partial charge >= 0.3 is 6.18 Å². The number of anilines is 2. The Kier molecular flexibility index (Phi) is 4.01. The Bertz CT molecular complexity index is 977. The molecular formula is C18H19F3N6S. The molecule has 1 saturated carbocycles. The van der Waals surface area contributed by atoms with Crippen LogP contribution in [0.2, 0.25) is 0 Å². The fraction of sp³-hybridized carbons (Fsp3) is 0.500. The number of aromatic nitrogens is 4. The molecule has 5 rings (SSSR count). The van der Waals surface area contributed by atoms with Crippen LogP contribution in [0.15, 0.2) is 24.8 Å². The van der Waals surface area contributed by atoms with Crippen molar-refractivity contribution in [1.29, 1.82) is 0 Å². The Hall–Kier alpha value is -2.36. The van der Waals surface area contributed by atoms with Crippen LogP contribution in [0.5, 0.6) is 0 Å². The average Bonchev–Trinajstić information content (AvgIpc) is 3.31. The van der Waals surface area contributed by atoms with E-state index in [2.05, 4.69) is 30.4 Å². The average molecular weight is 408 g/mol. The van der Waals surface area contributed by atoms with E-state index in [9.17, 15) is 13.2 Å². The van der Waals surface area contributed by atoms with Crippen LogP contribution in [0.25, 0.3) is 10.2 Å². The van der Waals surface area contributed by atoms with Gasteiger partial charge in [-0.25, -0.2) is 9.97 Å². The third kappa shape index (κ3) is 3.30. The van der Waals surface area contributed by atoms with Crippen LogP contribution in [0.3, 0.4) is 0 Å². The van der Waals surface area contributed by atoms with Gasteiger partial charge in [0.05, 0.1) is 23.7 Å². The summed E-state index contributed by atoms with van der Waals surface area (Å²) in [4.78, 5) is 11.7. The van der Waals surface area contributed by atoms with Crippen molar-refractivity contribution in [2.45, 2.75) is 37.9 Å². The van der Waals surface area contributed by atoms with Crippen molar-refractivity contribution in [2.24, 2.45) is 5.41 Å². The molecule has 0 radical (unpaired) electrons. The first-order valence-electron chi connectivity index (χ1n) is 9.20. The number of alkyl halides is 3. The molecule has 2 fully saturated rings. The van der Waals surface area contributed by atoms with Gasteiger partial charge in [-0.3, -0.25) is 5.10 Å². The third-order valence-corrected chi connectivity index (χ3v) is 6.74. The van der Waals surface area contributed by atoms with Gasteiger partial charge in [0.15, 0.2) is 0 Å². The minimum absolute atomic E-state index is 0.253. The summed E-state index contributed by atoms with van der Waals surface area (Å²) in [6, 6.07) is 2.04. The standard InChI is InChI=1S/C18H19F3N6S/c19-18(20,21)6-13-3-14-15(22-10-23-16(14)28-13)27-2-1-17(9-27)4-11(5-17)26-12-7-24-25-8-12/h3,7-8,10-11,26H,1-2,4-6,9H2,(H,24,25). The van der Waals surface area contributed by atoms with E-state index >= 15 is 0 Å². The Morgan fingerprint density at radius 1 is 1.32 bits per heavy atom. The zero-order valence-corrected chi connectivity index (χ0v) is 15.8. The molecule has 3 aromatic rings. The number of hydrogen-bond donors (Lipinski definition) is 2. The molecule has 28 heavy (non-hydrogen) atoms. The second-order valence-corrected chi connectivity index (χ2v) is 8.94. The van der Waals surface area contributed by atoms with Crippen LogP contribution in [-0.4, -0.2) is 45.5 Å². The smallest absolute Gasteiger partial charge is 0.380 e. The largest absolute Gasteiger partial charge is 0.393 e. The fourth-order valence-corrected chi connectivity index (χ4v) is 5.55. The Morgan fingerprint density at radius 3 is 2.93 bits per heavy atom. The van der Waals surface area contributed by atoms with Crippen molar-refractivity contribution in [2.75, 3.05) is 23.3 Å². The predicted octanol–water partition coefficient (Wildman–Crippen LogP) is 3.99. The highest BCUT2D eigenvalue weighted by molar-refractivity contribution is 7.18. The summed E-state index contributed by atoms with van der Waals surface area (Å²) < 4.78 is 38.2. The van der Waals surface area contributed by atoms with Gasteiger partial charge < -0.3 is 10.2 Å². The number of H-pyrrole nitrogens is 1. The molecule has 0 unspecified atom stereocenters. The van der Waals surface area contributed by atoms with Gasteiger partial charge in [-0.2, -0.15) is 18.3 Å². The van der Waals surface area contributed by atoms with Gasteiger partial charge in [0, 0.05) is 30.2 Å². The molecule has 0 aromatic carbocycles. The van der Waals surface area contributed by atoms with E-state index in [1.807, 2.05) is 6.20 Å². The van der Waals surface area contributed by atoms with E-state index in [1.165, 1.54) is 6.33 Å². The molecule has 0 atom stereocenters. The second-order valence-electron chi connectivity index (χ2n) is 7.83. The SMILES string of the molecule is FC(F)(F)Cc1cc2c(N3CCC4(CC(Nc5cn[nH]c5)C4)C3)ncnc2s1. The van der Waals surface area contributed by atoms with Crippen LogP contribution in [0, 0.1) is 5.41 Å². The maximum Gasteiger partial charge on any atom is 0.393 e. The molecule has 3 aromatic heterocycles. The number of fused-ring (bicyclic) bond motifs is 1. The summed E-state index contributed by atoms with van der Waals surface area (Å²) in [7, 11) is 0. The summed E-state index contributed by atoms with van der Waals surface area (Å²) in [5.41, 5.74) is 1.26. The van der Waals surface area contributed by atoms with Gasteiger partial charge in [0.2, 0.25) is 0 Å². The van der Waals surface area contributed by atoms with Crippen LogP contribution in [0.4, 0.5) is 24.7 Å². The molecule has 6 nitrogen and oxygen atoms in total. The molecule has 2 aliphatic rings. The number of nitrogens with zero attached hydrogens (tertiary/aromatic N) is 4. The molecule has 1 aliphatic carbocycles. The van der Waals surface area contributed by atoms with Crippen molar-refractivity contribution < 1.29 is 13.2 Å². The normalized spacial score (nSPS) is 24.8. The number of aromatic amines is 1. The topological polar surface area (TPSA) is 69.7 Å². The number of halogens is 3. The lowest BCUT2D eigenvalue weighted by atomic mass is 9.65. The van der Waals surface area contributed by atoms with Crippen LogP contribution in [0.1, 0.15) is 24.1 Å². The molecule has 1 spiro atoms. The number of hydrogen-bond acceptors (Lipinski definition) is 6. The van der Waals surface area contributed by atoms with Crippen molar-refractivity contribution in [3.63, 3.8) is 0 Å². The summed E-state index contributed by atoms with van der Waals surface area (Å²) in [5.74, 6) is 0.762. The van der Waals surface area contributed by atoms with E-state index in [-0.39, 0.29) is 10.3 Å². The molecule has 0 bridgehead atoms. The van der Waals surface area contributed by atoms with Crippen LogP contribution < -0.4 is 10.2 Å². The Labute approximate surface area is 163 Å². The lowest BCUT2D eigenvalue weighted by Gasteiger charge is -2.45. The summed E-state index contributed by atoms with van der Waals surface area (Å²) in [5, 5.41) is 11.0. The van der Waals surface area contributed by atoms with Crippen molar-refractivity contribution >= 4 is 33.1 Å². The Morgan fingerprint density at radius 2 is 2.18 bits per heavy atom. The summed E-state index contributed by atoms with van der Waals surface area (Å²) in [6.45, 7) is 1.75. The summed E-state index contributed by atoms with van der Waals surface area (Å²) >= 11 is 1.10. The number of nitrogens with one attached hydrogen (secondary N) is 2. The van der Waals surface area contributed by atoms with Gasteiger partial charge in [-0.1, -0.05) is 0 Å².